The molecule has 0 bridgehead atoms. The SMILES string of the molecule is CNC(=O)c1c(-c2ccc(F)cc2)oc2cc(CN(CCc3ccc(B(O)O)c(Cl)c3)S(=O)O)c(C3CC3)cc12. The van der Waals surface area contributed by atoms with Crippen molar-refractivity contribution in [2.24, 2.45) is 0 Å². The quantitative estimate of drug-likeness (QED) is 0.165. The van der Waals surface area contributed by atoms with Gasteiger partial charge in [0.2, 0.25) is 11.3 Å². The Morgan fingerprint density at radius 2 is 1.90 bits per heavy atom. The van der Waals surface area contributed by atoms with Gasteiger partial charge in [0, 0.05) is 41.6 Å². The monoisotopic (exact) mass is 584 g/mol. The Bertz CT molecular complexity index is 1590. The highest BCUT2D eigenvalue weighted by Crippen LogP contribution is 2.45. The van der Waals surface area contributed by atoms with Crippen LogP contribution in [0.5, 0.6) is 0 Å². The minimum absolute atomic E-state index is 0.161. The highest BCUT2D eigenvalue weighted by Gasteiger charge is 2.30. The van der Waals surface area contributed by atoms with Gasteiger partial charge in [0.1, 0.15) is 17.2 Å². The van der Waals surface area contributed by atoms with E-state index in [1.54, 1.807) is 24.3 Å². The predicted octanol–water partition coefficient (Wildman–Crippen LogP) is 3.99. The van der Waals surface area contributed by atoms with E-state index in [1.165, 1.54) is 29.6 Å². The van der Waals surface area contributed by atoms with Gasteiger partial charge >= 0.3 is 7.12 Å². The molecule has 0 aliphatic heterocycles. The number of carbonyl (C=O) groups is 1. The highest BCUT2D eigenvalue weighted by molar-refractivity contribution is 7.76. The molecule has 3 aromatic carbocycles. The lowest BCUT2D eigenvalue weighted by Crippen LogP contribution is -2.31. The first kappa shape index (κ1) is 28.5. The van der Waals surface area contributed by atoms with Crippen molar-refractivity contribution >= 4 is 52.3 Å². The molecule has 1 aliphatic rings. The minimum Gasteiger partial charge on any atom is -0.455 e. The second-order valence-electron chi connectivity index (χ2n) is 9.79. The molecule has 1 aliphatic carbocycles. The number of halogens is 2. The molecule has 1 heterocycles. The summed E-state index contributed by atoms with van der Waals surface area (Å²) in [6, 6.07) is 14.3. The highest BCUT2D eigenvalue weighted by atomic mass is 35.5. The lowest BCUT2D eigenvalue weighted by atomic mass is 9.80. The molecule has 40 heavy (non-hydrogen) atoms. The molecule has 1 fully saturated rings. The van der Waals surface area contributed by atoms with Gasteiger partial charge in [-0.15, -0.1) is 0 Å². The molecule has 1 atom stereocenters. The van der Waals surface area contributed by atoms with Gasteiger partial charge in [0.05, 0.1) is 5.56 Å². The third-order valence-electron chi connectivity index (χ3n) is 7.09. The van der Waals surface area contributed by atoms with E-state index < -0.39 is 24.2 Å². The van der Waals surface area contributed by atoms with Gasteiger partial charge in [-0.1, -0.05) is 23.7 Å². The Labute approximate surface area is 238 Å². The maximum atomic E-state index is 13.6. The lowest BCUT2D eigenvalue weighted by molar-refractivity contribution is 0.0964. The number of nitrogens with one attached hydrogen (secondary N) is 1. The van der Waals surface area contributed by atoms with Crippen LogP contribution in [0.25, 0.3) is 22.3 Å². The normalized spacial score (nSPS) is 14.1. The molecule has 1 aromatic heterocycles. The van der Waals surface area contributed by atoms with Crippen molar-refractivity contribution in [1.82, 2.24) is 9.62 Å². The van der Waals surface area contributed by atoms with E-state index >= 15 is 0 Å². The van der Waals surface area contributed by atoms with E-state index in [0.717, 1.165) is 29.5 Å². The van der Waals surface area contributed by atoms with Crippen molar-refractivity contribution in [3.05, 3.63) is 87.7 Å². The number of amides is 1. The number of rotatable bonds is 10. The first-order valence-electron chi connectivity index (χ1n) is 12.7. The van der Waals surface area contributed by atoms with Crippen LogP contribution in [-0.2, 0) is 24.2 Å². The van der Waals surface area contributed by atoms with Crippen LogP contribution in [0.3, 0.4) is 0 Å². The summed E-state index contributed by atoms with van der Waals surface area (Å²) in [7, 11) is -0.153. The van der Waals surface area contributed by atoms with Crippen LogP contribution in [-0.4, -0.2) is 49.7 Å². The molecule has 1 saturated carbocycles. The molecule has 1 unspecified atom stereocenters. The first-order valence-corrected chi connectivity index (χ1v) is 14.2. The van der Waals surface area contributed by atoms with Crippen LogP contribution in [0.1, 0.15) is 45.8 Å². The third-order valence-corrected chi connectivity index (χ3v) is 8.17. The number of benzene rings is 3. The van der Waals surface area contributed by atoms with E-state index in [1.807, 2.05) is 12.1 Å². The average Bonchev–Trinajstić information content (AvgIpc) is 3.70. The van der Waals surface area contributed by atoms with Gasteiger partial charge in [0.25, 0.3) is 5.91 Å². The van der Waals surface area contributed by atoms with Crippen molar-refractivity contribution in [3.63, 3.8) is 0 Å². The zero-order chi connectivity index (χ0) is 28.6. The molecule has 208 valence electrons. The van der Waals surface area contributed by atoms with Gasteiger partial charge in [-0.3, -0.25) is 9.35 Å². The van der Waals surface area contributed by atoms with Crippen molar-refractivity contribution in [1.29, 1.82) is 0 Å². The van der Waals surface area contributed by atoms with E-state index in [4.69, 9.17) is 16.0 Å². The zero-order valence-electron chi connectivity index (χ0n) is 21.6. The van der Waals surface area contributed by atoms with Gasteiger partial charge in [-0.2, -0.15) is 4.31 Å². The van der Waals surface area contributed by atoms with Crippen molar-refractivity contribution in [2.75, 3.05) is 13.6 Å². The molecule has 0 saturated heterocycles. The summed E-state index contributed by atoms with van der Waals surface area (Å²) in [5.41, 5.74) is 4.13. The van der Waals surface area contributed by atoms with Crippen molar-refractivity contribution in [3.8, 4) is 11.3 Å². The fourth-order valence-corrected chi connectivity index (χ4v) is 5.66. The molecule has 0 radical (unpaired) electrons. The standard InChI is InChI=1S/C28H27BClFN2O6S/c1-32-28(34)26-22-14-21(17-3-4-17)19(13-25(22)39-27(26)18-5-7-20(31)8-6-18)15-33(40(37)38)11-10-16-2-9-23(29(35)36)24(30)12-16/h2,5-9,12-14,17,35-36H,3-4,10-11,15H2,1H3,(H,32,34)(H,37,38). The van der Waals surface area contributed by atoms with E-state index in [0.29, 0.717) is 34.3 Å². The Balaban J connectivity index is 1.49. The Morgan fingerprint density at radius 1 is 1.18 bits per heavy atom. The summed E-state index contributed by atoms with van der Waals surface area (Å²) < 4.78 is 43.6. The number of hydrogen-bond acceptors (Lipinski definition) is 5. The lowest BCUT2D eigenvalue weighted by Gasteiger charge is -2.20. The van der Waals surface area contributed by atoms with Crippen molar-refractivity contribution < 1.29 is 32.4 Å². The summed E-state index contributed by atoms with van der Waals surface area (Å²) in [6.07, 6.45) is 2.34. The molecule has 5 rings (SSSR count). The van der Waals surface area contributed by atoms with Crippen LogP contribution in [0.15, 0.2) is 59.0 Å². The molecule has 4 N–H and O–H groups in total. The molecule has 1 amide bonds. The zero-order valence-corrected chi connectivity index (χ0v) is 23.1. The second-order valence-corrected chi connectivity index (χ2v) is 11.2. The molecule has 0 spiro atoms. The minimum atomic E-state index is -2.28. The summed E-state index contributed by atoms with van der Waals surface area (Å²) >= 11 is 3.87. The number of nitrogens with zero attached hydrogens (tertiary/aromatic N) is 1. The van der Waals surface area contributed by atoms with E-state index in [-0.39, 0.29) is 35.4 Å². The summed E-state index contributed by atoms with van der Waals surface area (Å²) in [5.74, 6) is -0.138. The van der Waals surface area contributed by atoms with Gasteiger partial charge in [0.15, 0.2) is 0 Å². The number of fused-ring (bicyclic) bond motifs is 1. The van der Waals surface area contributed by atoms with Crippen LogP contribution < -0.4 is 10.8 Å². The maximum absolute atomic E-state index is 13.6. The topological polar surface area (TPSA) is 123 Å². The van der Waals surface area contributed by atoms with Crippen LogP contribution in [0.2, 0.25) is 5.02 Å². The summed E-state index contributed by atoms with van der Waals surface area (Å²) in [4.78, 5) is 12.9. The number of hydrogen-bond donors (Lipinski definition) is 4. The Morgan fingerprint density at radius 3 is 2.50 bits per heavy atom. The molecular formula is C28H27BClFN2O6S. The third kappa shape index (κ3) is 6.00. The summed E-state index contributed by atoms with van der Waals surface area (Å²) in [5, 5.41) is 22.3. The molecule has 4 aromatic rings. The predicted molar refractivity (Wildman–Crippen MR) is 153 cm³/mol. The smallest absolute Gasteiger partial charge is 0.455 e. The molecule has 8 nitrogen and oxygen atoms in total. The largest absolute Gasteiger partial charge is 0.489 e. The Hall–Kier alpha value is -3.06. The molecule has 12 heteroatoms. The fourth-order valence-electron chi connectivity index (χ4n) is 4.86. The first-order chi connectivity index (χ1) is 19.2. The van der Waals surface area contributed by atoms with Gasteiger partial charge in [-0.25, -0.2) is 8.60 Å². The average molecular weight is 585 g/mol. The van der Waals surface area contributed by atoms with Crippen LogP contribution in [0, 0.1) is 5.82 Å². The van der Waals surface area contributed by atoms with E-state index in [9.17, 15) is 28.0 Å². The van der Waals surface area contributed by atoms with Crippen LogP contribution in [0.4, 0.5) is 4.39 Å². The van der Waals surface area contributed by atoms with Gasteiger partial charge in [-0.05, 0) is 84.3 Å². The van der Waals surface area contributed by atoms with E-state index in [2.05, 4.69) is 5.32 Å². The number of furan rings is 1. The van der Waals surface area contributed by atoms with Gasteiger partial charge < -0.3 is 19.8 Å². The summed E-state index contributed by atoms with van der Waals surface area (Å²) in [6.45, 7) is 0.388. The Kier molecular flexibility index (Phi) is 8.41. The van der Waals surface area contributed by atoms with Crippen molar-refractivity contribution in [2.45, 2.75) is 31.7 Å². The second kappa shape index (κ2) is 11.8. The molecular weight excluding hydrogens is 558 g/mol. The number of carbonyl (C=O) groups excluding carboxylic acids is 1. The fraction of sp³-hybridized carbons (Fsp3) is 0.250. The maximum Gasteiger partial charge on any atom is 0.489 e. The van der Waals surface area contributed by atoms with Crippen LogP contribution >= 0.6 is 11.6 Å².